The lowest BCUT2D eigenvalue weighted by atomic mass is 9.75. The summed E-state index contributed by atoms with van der Waals surface area (Å²) in [5.41, 5.74) is 5.08. The summed E-state index contributed by atoms with van der Waals surface area (Å²) in [6.07, 6.45) is 3.07. The Balaban J connectivity index is 1.53. The van der Waals surface area contributed by atoms with Crippen LogP contribution in [-0.4, -0.2) is 47.6 Å². The van der Waals surface area contributed by atoms with Gasteiger partial charge in [-0.1, -0.05) is 61.9 Å². The van der Waals surface area contributed by atoms with Crippen LogP contribution >= 0.6 is 0 Å². The van der Waals surface area contributed by atoms with Crippen LogP contribution in [0.2, 0.25) is 0 Å². The highest BCUT2D eigenvalue weighted by atomic mass is 16.5. The van der Waals surface area contributed by atoms with E-state index >= 15 is 0 Å². The van der Waals surface area contributed by atoms with Crippen molar-refractivity contribution in [3.63, 3.8) is 0 Å². The standard InChI is InChI=1S/C35H36N2O4/c1-4-11-28-21-30-31(37(28)27-16-18-29(40-2)19-17-27)20-26-23-36(33(38)25-14-9-6-10-15-25)35(32(26)30,34(39)41-3)22-24-12-7-5-8-13-24/h5-10,12-19,21,26,32H,4,11,20,22-23H2,1-3H3/t26-,32+,35+/m0/s1. The minimum Gasteiger partial charge on any atom is -0.497 e. The van der Waals surface area contributed by atoms with Crippen LogP contribution in [0.5, 0.6) is 5.75 Å². The normalized spacial score (nSPS) is 20.9. The molecule has 6 heteroatoms. The minimum atomic E-state index is -1.17. The van der Waals surface area contributed by atoms with Crippen molar-refractivity contribution in [2.75, 3.05) is 20.8 Å². The van der Waals surface area contributed by atoms with E-state index in [4.69, 9.17) is 9.47 Å². The summed E-state index contributed by atoms with van der Waals surface area (Å²) in [5, 5.41) is 0. The lowest BCUT2D eigenvalue weighted by Crippen LogP contribution is -2.58. The molecule has 4 aromatic rings. The SMILES string of the molecule is CCCc1cc2c(n1-c1ccc(OC)cc1)C[C@H]1CN(C(=O)c3ccccc3)[C@@](Cc3ccccc3)(C(=O)OC)[C@@H]21. The second-order valence-corrected chi connectivity index (χ2v) is 11.1. The molecule has 1 fully saturated rings. The summed E-state index contributed by atoms with van der Waals surface area (Å²) in [7, 11) is 3.11. The average molecular weight is 549 g/mol. The van der Waals surface area contributed by atoms with Crippen molar-refractivity contribution in [1.29, 1.82) is 0 Å². The summed E-state index contributed by atoms with van der Waals surface area (Å²) in [4.78, 5) is 30.2. The third-order valence-electron chi connectivity index (χ3n) is 8.85. The Kier molecular flexibility index (Phi) is 7.16. The van der Waals surface area contributed by atoms with Gasteiger partial charge < -0.3 is 18.9 Å². The van der Waals surface area contributed by atoms with Crippen molar-refractivity contribution in [3.05, 3.63) is 119 Å². The molecule has 1 amide bonds. The molecule has 0 unspecified atom stereocenters. The van der Waals surface area contributed by atoms with E-state index in [0.29, 0.717) is 18.5 Å². The van der Waals surface area contributed by atoms with Crippen LogP contribution in [0, 0.1) is 5.92 Å². The number of nitrogens with zero attached hydrogens (tertiary/aromatic N) is 2. The van der Waals surface area contributed by atoms with Crippen molar-refractivity contribution < 1.29 is 19.1 Å². The van der Waals surface area contributed by atoms with Crippen LogP contribution in [0.3, 0.4) is 0 Å². The summed E-state index contributed by atoms with van der Waals surface area (Å²) in [5.74, 6) is 0.226. The molecule has 6 rings (SSSR count). The predicted octanol–water partition coefficient (Wildman–Crippen LogP) is 6.00. The van der Waals surface area contributed by atoms with E-state index in [0.717, 1.165) is 41.8 Å². The van der Waals surface area contributed by atoms with E-state index in [-0.39, 0.29) is 23.7 Å². The van der Waals surface area contributed by atoms with Gasteiger partial charge in [-0.2, -0.15) is 0 Å². The zero-order valence-electron chi connectivity index (χ0n) is 23.9. The van der Waals surface area contributed by atoms with Crippen LogP contribution in [0.4, 0.5) is 0 Å². The number of carbonyl (C=O) groups is 2. The maximum absolute atomic E-state index is 14.2. The van der Waals surface area contributed by atoms with Gasteiger partial charge in [-0.3, -0.25) is 4.79 Å². The lowest BCUT2D eigenvalue weighted by Gasteiger charge is -2.40. The average Bonchev–Trinajstić information content (AvgIpc) is 3.64. The smallest absolute Gasteiger partial charge is 0.332 e. The van der Waals surface area contributed by atoms with Crippen molar-refractivity contribution in [2.24, 2.45) is 5.92 Å². The van der Waals surface area contributed by atoms with E-state index in [9.17, 15) is 9.59 Å². The number of ether oxygens (including phenoxy) is 2. The van der Waals surface area contributed by atoms with Gasteiger partial charge in [0.25, 0.3) is 5.91 Å². The maximum Gasteiger partial charge on any atom is 0.332 e. The largest absolute Gasteiger partial charge is 0.497 e. The number of aryl methyl sites for hydroxylation is 1. The fourth-order valence-electron chi connectivity index (χ4n) is 7.20. The zero-order chi connectivity index (χ0) is 28.6. The quantitative estimate of drug-likeness (QED) is 0.253. The Morgan fingerprint density at radius 3 is 2.24 bits per heavy atom. The molecule has 3 aromatic carbocycles. The van der Waals surface area contributed by atoms with Gasteiger partial charge >= 0.3 is 5.97 Å². The van der Waals surface area contributed by atoms with E-state index < -0.39 is 5.54 Å². The molecule has 0 bridgehead atoms. The zero-order valence-corrected chi connectivity index (χ0v) is 23.9. The summed E-state index contributed by atoms with van der Waals surface area (Å²) in [6, 6.07) is 29.7. The molecule has 0 radical (unpaired) electrons. The Morgan fingerprint density at radius 2 is 1.61 bits per heavy atom. The molecule has 1 aliphatic heterocycles. The van der Waals surface area contributed by atoms with E-state index in [1.54, 1.807) is 7.11 Å². The second kappa shape index (κ2) is 10.9. The molecule has 0 spiro atoms. The van der Waals surface area contributed by atoms with E-state index in [2.05, 4.69) is 29.7 Å². The first-order valence-electron chi connectivity index (χ1n) is 14.4. The number of esters is 1. The van der Waals surface area contributed by atoms with Crippen molar-refractivity contribution in [2.45, 2.75) is 44.1 Å². The molecule has 210 valence electrons. The number of amides is 1. The molecule has 3 atom stereocenters. The van der Waals surface area contributed by atoms with Gasteiger partial charge in [-0.05, 0) is 72.4 Å². The fraction of sp³-hybridized carbons (Fsp3) is 0.314. The topological polar surface area (TPSA) is 60.8 Å². The first-order valence-corrected chi connectivity index (χ1v) is 14.4. The molecule has 1 saturated heterocycles. The third kappa shape index (κ3) is 4.42. The number of likely N-dealkylation sites (tertiary alicyclic amines) is 1. The molecular weight excluding hydrogens is 512 g/mol. The predicted molar refractivity (Wildman–Crippen MR) is 159 cm³/mol. The first kappa shape index (κ1) is 26.9. The van der Waals surface area contributed by atoms with Gasteiger partial charge in [0.2, 0.25) is 0 Å². The monoisotopic (exact) mass is 548 g/mol. The number of carbonyl (C=O) groups excluding carboxylic acids is 2. The third-order valence-corrected chi connectivity index (χ3v) is 8.85. The molecule has 6 nitrogen and oxygen atoms in total. The summed E-state index contributed by atoms with van der Waals surface area (Å²) < 4.78 is 13.4. The highest BCUT2D eigenvalue weighted by Gasteiger charge is 2.64. The molecule has 1 aromatic heterocycles. The summed E-state index contributed by atoms with van der Waals surface area (Å²) in [6.45, 7) is 2.67. The van der Waals surface area contributed by atoms with Gasteiger partial charge in [0.15, 0.2) is 5.54 Å². The van der Waals surface area contributed by atoms with E-state index in [1.165, 1.54) is 18.5 Å². The number of hydrogen-bond acceptors (Lipinski definition) is 4. The van der Waals surface area contributed by atoms with Crippen LogP contribution in [-0.2, 0) is 28.8 Å². The second-order valence-electron chi connectivity index (χ2n) is 11.1. The van der Waals surface area contributed by atoms with Crippen LogP contribution < -0.4 is 4.74 Å². The number of rotatable bonds is 8. The molecule has 2 heterocycles. The van der Waals surface area contributed by atoms with Gasteiger partial charge in [0, 0.05) is 41.5 Å². The lowest BCUT2D eigenvalue weighted by molar-refractivity contribution is -0.153. The number of fused-ring (bicyclic) bond motifs is 3. The first-order chi connectivity index (χ1) is 20.0. The van der Waals surface area contributed by atoms with Gasteiger partial charge in [-0.25, -0.2) is 4.79 Å². The van der Waals surface area contributed by atoms with Crippen molar-refractivity contribution in [1.82, 2.24) is 9.47 Å². The highest BCUT2D eigenvalue weighted by molar-refractivity contribution is 5.99. The maximum atomic E-state index is 14.2. The number of aromatic nitrogens is 1. The van der Waals surface area contributed by atoms with Gasteiger partial charge in [0.05, 0.1) is 14.2 Å². The number of benzene rings is 3. The van der Waals surface area contributed by atoms with Crippen LogP contribution in [0.25, 0.3) is 5.69 Å². The Labute approximate surface area is 241 Å². The van der Waals surface area contributed by atoms with E-state index in [1.807, 2.05) is 77.7 Å². The Bertz CT molecular complexity index is 1540. The highest BCUT2D eigenvalue weighted by Crippen LogP contribution is 2.55. The fourth-order valence-corrected chi connectivity index (χ4v) is 7.20. The molecule has 0 N–H and O–H groups in total. The summed E-state index contributed by atoms with van der Waals surface area (Å²) >= 11 is 0. The minimum absolute atomic E-state index is 0.0932. The van der Waals surface area contributed by atoms with Crippen molar-refractivity contribution in [3.8, 4) is 11.4 Å². The molecule has 1 aliphatic carbocycles. The molecule has 2 aliphatic rings. The Hall–Kier alpha value is -4.32. The number of hydrogen-bond donors (Lipinski definition) is 0. The number of methoxy groups -OCH3 is 2. The van der Waals surface area contributed by atoms with Crippen molar-refractivity contribution >= 4 is 11.9 Å². The molecule has 0 saturated carbocycles. The Morgan fingerprint density at radius 1 is 0.927 bits per heavy atom. The van der Waals surface area contributed by atoms with Gasteiger partial charge in [0.1, 0.15) is 5.75 Å². The molecule has 41 heavy (non-hydrogen) atoms. The van der Waals surface area contributed by atoms with Crippen LogP contribution in [0.15, 0.2) is 91.0 Å². The van der Waals surface area contributed by atoms with Crippen LogP contribution in [0.1, 0.15) is 52.1 Å². The molecular formula is C35H36N2O4. The van der Waals surface area contributed by atoms with Gasteiger partial charge in [-0.15, -0.1) is 0 Å².